The molecule has 0 radical (unpaired) electrons. The van der Waals surface area contributed by atoms with Crippen LogP contribution in [0.2, 0.25) is 0 Å². The van der Waals surface area contributed by atoms with Gasteiger partial charge in [0.15, 0.2) is 0 Å². The van der Waals surface area contributed by atoms with Crippen LogP contribution in [0.1, 0.15) is 32.1 Å². The zero-order valence-electron chi connectivity index (χ0n) is 10.1. The summed E-state index contributed by atoms with van der Waals surface area (Å²) in [6, 6.07) is 0. The zero-order chi connectivity index (χ0) is 14.1. The molecule has 1 aliphatic heterocycles. The van der Waals surface area contributed by atoms with E-state index in [0.717, 1.165) is 19.3 Å². The van der Waals surface area contributed by atoms with Crippen LogP contribution < -0.4 is 0 Å². The monoisotopic (exact) mass is 286 g/mol. The Balaban J connectivity index is 1.81. The average molecular weight is 286 g/mol. The molecule has 3 fully saturated rings. The number of rotatable bonds is 1. The summed E-state index contributed by atoms with van der Waals surface area (Å²) in [4.78, 5) is 0. The molecule has 0 amide bonds. The van der Waals surface area contributed by atoms with Crippen LogP contribution >= 0.6 is 0 Å². The van der Waals surface area contributed by atoms with Crippen LogP contribution in [0.5, 0.6) is 0 Å². The Bertz CT molecular complexity index is 383. The van der Waals surface area contributed by atoms with E-state index in [9.17, 15) is 27.1 Å². The van der Waals surface area contributed by atoms with Gasteiger partial charge in [-0.3, -0.25) is 0 Å². The molecule has 0 aromatic carbocycles. The maximum Gasteiger partial charge on any atom is 0.449 e. The molecule has 2 saturated carbocycles. The molecule has 1 N–H and O–H groups in total. The van der Waals surface area contributed by atoms with Gasteiger partial charge >= 0.3 is 17.9 Å². The first-order valence-electron chi connectivity index (χ1n) is 6.49. The van der Waals surface area contributed by atoms with Gasteiger partial charge in [0.2, 0.25) is 0 Å². The third-order valence-corrected chi connectivity index (χ3v) is 4.93. The van der Waals surface area contributed by atoms with Crippen LogP contribution in [-0.2, 0) is 4.74 Å². The predicted molar refractivity (Wildman–Crippen MR) is 54.4 cm³/mol. The SMILES string of the molecule is OC1(C(F)(F)F)OC(C2CC3CCC2C3)CC1(F)F. The highest BCUT2D eigenvalue weighted by Crippen LogP contribution is 2.57. The Morgan fingerprint density at radius 2 is 1.79 bits per heavy atom. The molecular formula is C12H15F5O2. The first-order valence-corrected chi connectivity index (χ1v) is 6.49. The molecule has 3 aliphatic rings. The lowest BCUT2D eigenvalue weighted by molar-refractivity contribution is -0.408. The summed E-state index contributed by atoms with van der Waals surface area (Å²) >= 11 is 0. The number of alkyl halides is 5. The van der Waals surface area contributed by atoms with E-state index in [-0.39, 0.29) is 11.8 Å². The summed E-state index contributed by atoms with van der Waals surface area (Å²) < 4.78 is 69.4. The highest BCUT2D eigenvalue weighted by atomic mass is 19.4. The van der Waals surface area contributed by atoms with Crippen LogP contribution in [0.4, 0.5) is 22.0 Å². The Hall–Kier alpha value is -0.430. The number of hydrogen-bond acceptors (Lipinski definition) is 2. The van der Waals surface area contributed by atoms with E-state index in [1.807, 2.05) is 0 Å². The van der Waals surface area contributed by atoms with Gasteiger partial charge in [-0.05, 0) is 37.0 Å². The molecule has 0 spiro atoms. The molecule has 0 aromatic heterocycles. The summed E-state index contributed by atoms with van der Waals surface area (Å²) in [6.07, 6.45) is -4.31. The van der Waals surface area contributed by atoms with Crippen molar-refractivity contribution in [3.05, 3.63) is 0 Å². The van der Waals surface area contributed by atoms with Crippen molar-refractivity contribution in [2.45, 2.75) is 56.1 Å². The summed E-state index contributed by atoms with van der Waals surface area (Å²) in [5.41, 5.74) is 0. The highest BCUT2D eigenvalue weighted by molar-refractivity contribution is 5.04. The summed E-state index contributed by atoms with van der Waals surface area (Å²) in [6.45, 7) is 0. The number of hydrogen-bond donors (Lipinski definition) is 1. The number of fused-ring (bicyclic) bond motifs is 2. The summed E-state index contributed by atoms with van der Waals surface area (Å²) in [5.74, 6) is -8.29. The van der Waals surface area contributed by atoms with Gasteiger partial charge in [-0.2, -0.15) is 13.2 Å². The van der Waals surface area contributed by atoms with E-state index in [4.69, 9.17) is 0 Å². The van der Waals surface area contributed by atoms with Crippen LogP contribution in [0.3, 0.4) is 0 Å². The molecule has 5 atom stereocenters. The Labute approximate surface area is 106 Å². The normalized spacial score (nSPS) is 48.9. The van der Waals surface area contributed by atoms with Gasteiger partial charge in [-0.15, -0.1) is 0 Å². The van der Waals surface area contributed by atoms with E-state index in [0.29, 0.717) is 12.3 Å². The second-order valence-corrected chi connectivity index (χ2v) is 6.05. The molecule has 19 heavy (non-hydrogen) atoms. The minimum Gasteiger partial charge on any atom is -0.354 e. The van der Waals surface area contributed by atoms with Gasteiger partial charge in [-0.25, -0.2) is 8.78 Å². The zero-order valence-corrected chi connectivity index (χ0v) is 10.1. The molecule has 3 rings (SSSR count). The Morgan fingerprint density at radius 1 is 1.11 bits per heavy atom. The van der Waals surface area contributed by atoms with Crippen molar-refractivity contribution in [2.75, 3.05) is 0 Å². The van der Waals surface area contributed by atoms with Crippen LogP contribution in [-0.4, -0.2) is 29.1 Å². The fourth-order valence-electron chi connectivity index (χ4n) is 4.00. The highest BCUT2D eigenvalue weighted by Gasteiger charge is 2.76. The summed E-state index contributed by atoms with van der Waals surface area (Å²) in [5, 5.41) is 9.26. The van der Waals surface area contributed by atoms with E-state index in [1.54, 1.807) is 0 Å². The van der Waals surface area contributed by atoms with Crippen LogP contribution in [0.25, 0.3) is 0 Å². The molecule has 2 aliphatic carbocycles. The molecule has 1 heterocycles. The quantitative estimate of drug-likeness (QED) is 0.751. The third kappa shape index (κ3) is 1.81. The van der Waals surface area contributed by atoms with Crippen molar-refractivity contribution in [1.82, 2.24) is 0 Å². The number of aliphatic hydroxyl groups is 1. The summed E-state index contributed by atoms with van der Waals surface area (Å²) in [7, 11) is 0. The Morgan fingerprint density at radius 3 is 2.21 bits per heavy atom. The molecule has 1 saturated heterocycles. The van der Waals surface area contributed by atoms with Crippen molar-refractivity contribution in [3.63, 3.8) is 0 Å². The average Bonchev–Trinajstić information content (AvgIpc) is 2.91. The van der Waals surface area contributed by atoms with Crippen molar-refractivity contribution >= 4 is 0 Å². The van der Waals surface area contributed by atoms with E-state index in [1.165, 1.54) is 0 Å². The van der Waals surface area contributed by atoms with Crippen LogP contribution in [0.15, 0.2) is 0 Å². The topological polar surface area (TPSA) is 29.5 Å². The first kappa shape index (κ1) is 13.5. The molecular weight excluding hydrogens is 271 g/mol. The fourth-order valence-corrected chi connectivity index (χ4v) is 4.00. The fraction of sp³-hybridized carbons (Fsp3) is 1.00. The standard InChI is InChI=1S/C12H15F5O2/c13-10(14)5-9(19-11(10,18)12(15,16)17)8-4-6-1-2-7(8)3-6/h6-9,18H,1-5H2. The number of ether oxygens (including phenoxy) is 1. The van der Waals surface area contributed by atoms with Gasteiger partial charge in [0.25, 0.3) is 0 Å². The molecule has 2 bridgehead atoms. The first-order chi connectivity index (χ1) is 8.64. The largest absolute Gasteiger partial charge is 0.449 e. The lowest BCUT2D eigenvalue weighted by Gasteiger charge is -2.31. The van der Waals surface area contributed by atoms with E-state index in [2.05, 4.69) is 4.74 Å². The van der Waals surface area contributed by atoms with Crippen molar-refractivity contribution in [2.24, 2.45) is 17.8 Å². The Kier molecular flexibility index (Phi) is 2.72. The maximum atomic E-state index is 13.5. The maximum absolute atomic E-state index is 13.5. The second-order valence-electron chi connectivity index (χ2n) is 6.05. The minimum atomic E-state index is -5.48. The molecule has 2 nitrogen and oxygen atoms in total. The van der Waals surface area contributed by atoms with Gasteiger partial charge < -0.3 is 9.84 Å². The van der Waals surface area contributed by atoms with E-state index >= 15 is 0 Å². The van der Waals surface area contributed by atoms with Crippen LogP contribution in [0, 0.1) is 17.8 Å². The smallest absolute Gasteiger partial charge is 0.354 e. The van der Waals surface area contributed by atoms with Crippen molar-refractivity contribution < 1.29 is 31.8 Å². The number of halogens is 5. The van der Waals surface area contributed by atoms with E-state index < -0.39 is 30.4 Å². The van der Waals surface area contributed by atoms with Crippen molar-refractivity contribution in [3.8, 4) is 0 Å². The van der Waals surface area contributed by atoms with Gasteiger partial charge in [0.1, 0.15) is 0 Å². The molecule has 110 valence electrons. The third-order valence-electron chi connectivity index (χ3n) is 4.93. The molecule has 5 unspecified atom stereocenters. The van der Waals surface area contributed by atoms with Gasteiger partial charge in [0, 0.05) is 6.42 Å². The molecule has 7 heteroatoms. The molecule has 0 aromatic rings. The predicted octanol–water partition coefficient (Wildman–Crippen LogP) is 3.10. The lowest BCUT2D eigenvalue weighted by Crippen LogP contribution is -2.56. The minimum absolute atomic E-state index is 0.168. The second kappa shape index (κ2) is 3.81. The van der Waals surface area contributed by atoms with Crippen molar-refractivity contribution in [1.29, 1.82) is 0 Å². The lowest BCUT2D eigenvalue weighted by atomic mass is 9.83. The van der Waals surface area contributed by atoms with Gasteiger partial charge in [0.05, 0.1) is 6.10 Å². The van der Waals surface area contributed by atoms with Gasteiger partial charge in [-0.1, -0.05) is 6.42 Å².